The number of halogens is 1. The van der Waals surface area contributed by atoms with Gasteiger partial charge in [0.1, 0.15) is 5.76 Å². The smallest absolute Gasteiger partial charge is 0.287 e. The molecule has 0 bridgehead atoms. The number of likely N-dealkylation sites (N-methyl/N-ethyl adjacent to an activating group) is 1. The average Bonchev–Trinajstić information content (AvgIpc) is 2.86. The van der Waals surface area contributed by atoms with Crippen molar-refractivity contribution in [3.63, 3.8) is 0 Å². The number of amides is 2. The number of carbonyl (C=O) groups excluding carboxylic acids is 2. The number of nitrogens with zero attached hydrogens (tertiary/aromatic N) is 1. The van der Waals surface area contributed by atoms with E-state index in [1.165, 1.54) is 6.07 Å². The minimum Gasteiger partial charge on any atom is -0.455 e. The van der Waals surface area contributed by atoms with Gasteiger partial charge in [-0.15, -0.1) is 11.6 Å². The number of furan rings is 1. The zero-order valence-electron chi connectivity index (χ0n) is 10.5. The summed E-state index contributed by atoms with van der Waals surface area (Å²) in [7, 11) is 0. The second-order valence-electron chi connectivity index (χ2n) is 3.65. The van der Waals surface area contributed by atoms with Gasteiger partial charge in [-0.3, -0.25) is 9.59 Å². The molecule has 1 heterocycles. The van der Waals surface area contributed by atoms with Crippen LogP contribution in [0, 0.1) is 0 Å². The zero-order valence-corrected chi connectivity index (χ0v) is 11.3. The van der Waals surface area contributed by atoms with Crippen molar-refractivity contribution in [3.05, 3.63) is 23.7 Å². The lowest BCUT2D eigenvalue weighted by Gasteiger charge is -2.18. The van der Waals surface area contributed by atoms with Crippen LogP contribution < -0.4 is 5.32 Å². The number of carbonyl (C=O) groups is 2. The van der Waals surface area contributed by atoms with Gasteiger partial charge in [-0.1, -0.05) is 0 Å². The molecule has 0 aliphatic carbocycles. The Hall–Kier alpha value is -1.49. The topological polar surface area (TPSA) is 62.6 Å². The van der Waals surface area contributed by atoms with E-state index >= 15 is 0 Å². The van der Waals surface area contributed by atoms with Gasteiger partial charge in [0.05, 0.1) is 12.4 Å². The molecule has 18 heavy (non-hydrogen) atoms. The molecule has 0 fully saturated rings. The predicted molar refractivity (Wildman–Crippen MR) is 68.5 cm³/mol. The summed E-state index contributed by atoms with van der Waals surface area (Å²) in [6, 6.07) is 3.17. The Balaban J connectivity index is 2.48. The highest BCUT2D eigenvalue weighted by Crippen LogP contribution is 2.09. The van der Waals surface area contributed by atoms with Crippen molar-refractivity contribution in [1.29, 1.82) is 0 Å². The number of hydrogen-bond donors (Lipinski definition) is 1. The Labute approximate surface area is 111 Å². The van der Waals surface area contributed by atoms with E-state index in [2.05, 4.69) is 5.32 Å². The van der Waals surface area contributed by atoms with E-state index in [0.29, 0.717) is 18.8 Å². The zero-order chi connectivity index (χ0) is 13.5. The van der Waals surface area contributed by atoms with Crippen LogP contribution in [0.4, 0.5) is 0 Å². The standard InChI is InChI=1S/C12H17ClN2O3/c1-3-15(4-2)11(16)8-14-12(17)10-6-5-9(7-13)18-10/h5-6H,3-4,7-8H2,1-2H3,(H,14,17). The minimum atomic E-state index is -0.410. The Bertz CT molecular complexity index is 413. The highest BCUT2D eigenvalue weighted by Gasteiger charge is 2.14. The maximum absolute atomic E-state index is 11.7. The molecule has 0 aromatic carbocycles. The molecule has 0 saturated carbocycles. The molecular formula is C12H17ClN2O3. The number of hydrogen-bond acceptors (Lipinski definition) is 3. The summed E-state index contributed by atoms with van der Waals surface area (Å²) in [5, 5.41) is 2.52. The van der Waals surface area contributed by atoms with Crippen molar-refractivity contribution in [2.24, 2.45) is 0 Å². The van der Waals surface area contributed by atoms with Crippen LogP contribution in [0.25, 0.3) is 0 Å². The molecule has 0 saturated heterocycles. The second kappa shape index (κ2) is 7.06. The molecule has 1 rings (SSSR count). The summed E-state index contributed by atoms with van der Waals surface area (Å²) in [5.74, 6) is 0.380. The number of rotatable bonds is 6. The lowest BCUT2D eigenvalue weighted by molar-refractivity contribution is -0.129. The van der Waals surface area contributed by atoms with Gasteiger partial charge in [0, 0.05) is 13.1 Å². The van der Waals surface area contributed by atoms with Crippen molar-refractivity contribution >= 4 is 23.4 Å². The molecule has 6 heteroatoms. The van der Waals surface area contributed by atoms with Crippen molar-refractivity contribution < 1.29 is 14.0 Å². The van der Waals surface area contributed by atoms with Crippen molar-refractivity contribution in [2.45, 2.75) is 19.7 Å². The predicted octanol–water partition coefficient (Wildman–Crippen LogP) is 1.62. The van der Waals surface area contributed by atoms with Crippen molar-refractivity contribution in [1.82, 2.24) is 10.2 Å². The molecule has 0 atom stereocenters. The number of nitrogens with one attached hydrogen (secondary N) is 1. The van der Waals surface area contributed by atoms with Crippen LogP contribution in [0.15, 0.2) is 16.5 Å². The summed E-state index contributed by atoms with van der Waals surface area (Å²) in [5.41, 5.74) is 0. The molecule has 0 radical (unpaired) electrons. The SMILES string of the molecule is CCN(CC)C(=O)CNC(=O)c1ccc(CCl)o1. The van der Waals surface area contributed by atoms with Crippen LogP contribution in [0.1, 0.15) is 30.2 Å². The third-order valence-electron chi connectivity index (χ3n) is 2.53. The van der Waals surface area contributed by atoms with Gasteiger partial charge in [-0.2, -0.15) is 0 Å². The summed E-state index contributed by atoms with van der Waals surface area (Å²) in [6.45, 7) is 5.01. The monoisotopic (exact) mass is 272 g/mol. The van der Waals surface area contributed by atoms with E-state index in [0.717, 1.165) is 0 Å². The Kier molecular flexibility index (Phi) is 5.71. The van der Waals surface area contributed by atoms with Crippen molar-refractivity contribution in [3.8, 4) is 0 Å². The van der Waals surface area contributed by atoms with Gasteiger partial charge in [-0.05, 0) is 26.0 Å². The first-order valence-electron chi connectivity index (χ1n) is 5.83. The maximum atomic E-state index is 11.7. The van der Waals surface area contributed by atoms with Gasteiger partial charge in [-0.25, -0.2) is 0 Å². The van der Waals surface area contributed by atoms with Crippen LogP contribution in [0.2, 0.25) is 0 Å². The van der Waals surface area contributed by atoms with Crippen LogP contribution in [0.5, 0.6) is 0 Å². The maximum Gasteiger partial charge on any atom is 0.287 e. The molecular weight excluding hydrogens is 256 g/mol. The Morgan fingerprint density at radius 3 is 2.50 bits per heavy atom. The molecule has 1 N–H and O–H groups in total. The summed E-state index contributed by atoms with van der Waals surface area (Å²) in [4.78, 5) is 25.0. The molecule has 5 nitrogen and oxygen atoms in total. The van der Waals surface area contributed by atoms with Crippen LogP contribution in [-0.2, 0) is 10.7 Å². The van der Waals surface area contributed by atoms with E-state index in [9.17, 15) is 9.59 Å². The summed E-state index contributed by atoms with van der Waals surface area (Å²) >= 11 is 5.57. The summed E-state index contributed by atoms with van der Waals surface area (Å²) in [6.07, 6.45) is 0. The van der Waals surface area contributed by atoms with Gasteiger partial charge in [0.25, 0.3) is 5.91 Å². The molecule has 100 valence electrons. The van der Waals surface area contributed by atoms with Crippen LogP contribution in [0.3, 0.4) is 0 Å². The first kappa shape index (κ1) is 14.6. The normalized spacial score (nSPS) is 10.2. The summed E-state index contributed by atoms with van der Waals surface area (Å²) < 4.78 is 5.17. The highest BCUT2D eigenvalue weighted by atomic mass is 35.5. The lowest BCUT2D eigenvalue weighted by atomic mass is 10.4. The highest BCUT2D eigenvalue weighted by molar-refractivity contribution is 6.16. The quantitative estimate of drug-likeness (QED) is 0.801. The first-order valence-corrected chi connectivity index (χ1v) is 6.36. The molecule has 0 unspecified atom stereocenters. The van der Waals surface area contributed by atoms with Crippen molar-refractivity contribution in [2.75, 3.05) is 19.6 Å². The fraction of sp³-hybridized carbons (Fsp3) is 0.500. The molecule has 1 aromatic rings. The van der Waals surface area contributed by atoms with E-state index in [4.69, 9.17) is 16.0 Å². The average molecular weight is 273 g/mol. The Morgan fingerprint density at radius 2 is 2.00 bits per heavy atom. The fourth-order valence-electron chi connectivity index (χ4n) is 1.50. The van der Waals surface area contributed by atoms with Gasteiger partial charge in [0.2, 0.25) is 5.91 Å². The molecule has 0 aliphatic heterocycles. The Morgan fingerprint density at radius 1 is 1.33 bits per heavy atom. The molecule has 0 spiro atoms. The van der Waals surface area contributed by atoms with Gasteiger partial charge < -0.3 is 14.6 Å². The molecule has 2 amide bonds. The third kappa shape index (κ3) is 3.77. The lowest BCUT2D eigenvalue weighted by Crippen LogP contribution is -2.39. The van der Waals surface area contributed by atoms with E-state index < -0.39 is 5.91 Å². The van der Waals surface area contributed by atoms with E-state index in [-0.39, 0.29) is 24.1 Å². The van der Waals surface area contributed by atoms with E-state index in [1.807, 2.05) is 13.8 Å². The van der Waals surface area contributed by atoms with Crippen LogP contribution in [-0.4, -0.2) is 36.3 Å². The first-order chi connectivity index (χ1) is 8.62. The fourth-order valence-corrected chi connectivity index (χ4v) is 1.65. The minimum absolute atomic E-state index is 0.0303. The largest absolute Gasteiger partial charge is 0.455 e. The number of alkyl halides is 1. The molecule has 0 aliphatic rings. The third-order valence-corrected chi connectivity index (χ3v) is 2.80. The van der Waals surface area contributed by atoms with Gasteiger partial charge in [0.15, 0.2) is 5.76 Å². The second-order valence-corrected chi connectivity index (χ2v) is 3.92. The van der Waals surface area contributed by atoms with E-state index in [1.54, 1.807) is 11.0 Å². The van der Waals surface area contributed by atoms with Gasteiger partial charge >= 0.3 is 0 Å². The van der Waals surface area contributed by atoms with Crippen LogP contribution >= 0.6 is 11.6 Å². The molecule has 1 aromatic heterocycles.